The van der Waals surface area contributed by atoms with Crippen LogP contribution < -0.4 is 0 Å². The Labute approximate surface area is 198 Å². The molecule has 0 saturated carbocycles. The highest BCUT2D eigenvalue weighted by Gasteiger charge is 2.15. The standard InChI is InChI=1S/C29H50O3/c1-5-6-7-8-9-10-11-12-13-14-15-16-17-18-19-20-25-31-32-28(30)26-21-23-27(24-22-26)29(2,3)4/h21-24H,5-20,25H2,1-4H3. The number of hydrogen-bond donors (Lipinski definition) is 0. The van der Waals surface area contributed by atoms with E-state index in [1.165, 1.54) is 95.5 Å². The Hall–Kier alpha value is -1.35. The number of carbonyl (C=O) groups excluding carboxylic acids is 1. The highest BCUT2D eigenvalue weighted by Crippen LogP contribution is 2.22. The minimum absolute atomic E-state index is 0.0756. The minimum atomic E-state index is -0.415. The summed E-state index contributed by atoms with van der Waals surface area (Å²) >= 11 is 0. The summed E-state index contributed by atoms with van der Waals surface area (Å²) in [6.45, 7) is 9.22. The molecule has 1 rings (SSSR count). The Balaban J connectivity index is 1.86. The second-order valence-corrected chi connectivity index (χ2v) is 10.3. The molecule has 0 atom stereocenters. The smallest absolute Gasteiger partial charge is 0.293 e. The average molecular weight is 447 g/mol. The topological polar surface area (TPSA) is 35.5 Å². The molecule has 3 heteroatoms. The van der Waals surface area contributed by atoms with Gasteiger partial charge >= 0.3 is 5.97 Å². The Kier molecular flexibility index (Phi) is 16.2. The van der Waals surface area contributed by atoms with Crippen LogP contribution in [0.1, 0.15) is 146 Å². The summed E-state index contributed by atoms with van der Waals surface area (Å²) in [6.07, 6.45) is 21.5. The van der Waals surface area contributed by atoms with Crippen LogP contribution in [0.5, 0.6) is 0 Å². The van der Waals surface area contributed by atoms with E-state index in [-0.39, 0.29) is 5.41 Å². The lowest BCUT2D eigenvalue weighted by Gasteiger charge is -2.18. The van der Waals surface area contributed by atoms with Crippen LogP contribution in [0, 0.1) is 0 Å². The van der Waals surface area contributed by atoms with Gasteiger partial charge in [0, 0.05) is 0 Å². The Bertz CT molecular complexity index is 571. The van der Waals surface area contributed by atoms with E-state index in [1.54, 1.807) is 12.1 Å². The molecule has 0 spiro atoms. The Morgan fingerprint density at radius 1 is 0.656 bits per heavy atom. The van der Waals surface area contributed by atoms with Crippen LogP contribution in [0.4, 0.5) is 0 Å². The molecule has 0 unspecified atom stereocenters. The van der Waals surface area contributed by atoms with Gasteiger partial charge in [0.25, 0.3) is 0 Å². The predicted octanol–water partition coefficient (Wildman–Crippen LogP) is 9.33. The lowest BCUT2D eigenvalue weighted by atomic mass is 9.87. The largest absolute Gasteiger partial charge is 0.373 e. The zero-order chi connectivity index (χ0) is 23.5. The predicted molar refractivity (Wildman–Crippen MR) is 136 cm³/mol. The van der Waals surface area contributed by atoms with E-state index in [1.807, 2.05) is 12.1 Å². The number of hydrogen-bond acceptors (Lipinski definition) is 3. The highest BCUT2D eigenvalue weighted by atomic mass is 17.2. The maximum Gasteiger partial charge on any atom is 0.373 e. The van der Waals surface area contributed by atoms with E-state index in [9.17, 15) is 4.79 Å². The molecular formula is C29H50O3. The van der Waals surface area contributed by atoms with Crippen molar-refractivity contribution in [3.63, 3.8) is 0 Å². The summed E-state index contributed by atoms with van der Waals surface area (Å²) in [5.74, 6) is -0.415. The molecule has 0 aliphatic carbocycles. The van der Waals surface area contributed by atoms with Crippen molar-refractivity contribution >= 4 is 5.97 Å². The number of unbranched alkanes of at least 4 members (excludes halogenated alkanes) is 15. The molecule has 184 valence electrons. The average Bonchev–Trinajstić information content (AvgIpc) is 2.77. The molecule has 1 aromatic carbocycles. The van der Waals surface area contributed by atoms with Crippen LogP contribution in [0.3, 0.4) is 0 Å². The number of benzene rings is 1. The lowest BCUT2D eigenvalue weighted by Crippen LogP contribution is -2.12. The van der Waals surface area contributed by atoms with E-state index in [2.05, 4.69) is 27.7 Å². The van der Waals surface area contributed by atoms with E-state index in [0.717, 1.165) is 12.8 Å². The first kappa shape index (κ1) is 28.7. The molecule has 0 saturated heterocycles. The summed E-state index contributed by atoms with van der Waals surface area (Å²) < 4.78 is 0. The highest BCUT2D eigenvalue weighted by molar-refractivity contribution is 5.88. The summed E-state index contributed by atoms with van der Waals surface area (Å²) in [7, 11) is 0. The van der Waals surface area contributed by atoms with Crippen LogP contribution >= 0.6 is 0 Å². The van der Waals surface area contributed by atoms with Crippen molar-refractivity contribution in [3.8, 4) is 0 Å². The van der Waals surface area contributed by atoms with Crippen molar-refractivity contribution in [3.05, 3.63) is 35.4 Å². The summed E-state index contributed by atoms with van der Waals surface area (Å²) in [4.78, 5) is 22.1. The van der Waals surface area contributed by atoms with Gasteiger partial charge in [-0.1, -0.05) is 136 Å². The van der Waals surface area contributed by atoms with Gasteiger partial charge in [0.15, 0.2) is 0 Å². The molecule has 3 nitrogen and oxygen atoms in total. The monoisotopic (exact) mass is 446 g/mol. The van der Waals surface area contributed by atoms with Gasteiger partial charge in [-0.05, 0) is 29.5 Å². The molecular weight excluding hydrogens is 396 g/mol. The Morgan fingerprint density at radius 2 is 1.06 bits per heavy atom. The third-order valence-corrected chi connectivity index (χ3v) is 6.20. The first-order valence-electron chi connectivity index (χ1n) is 13.4. The number of rotatable bonds is 19. The van der Waals surface area contributed by atoms with Gasteiger partial charge in [0.2, 0.25) is 0 Å². The molecule has 32 heavy (non-hydrogen) atoms. The van der Waals surface area contributed by atoms with Gasteiger partial charge in [-0.2, -0.15) is 4.89 Å². The molecule has 1 aromatic rings. The van der Waals surface area contributed by atoms with E-state index < -0.39 is 5.97 Å². The second-order valence-electron chi connectivity index (χ2n) is 10.3. The van der Waals surface area contributed by atoms with Gasteiger partial charge in [0.1, 0.15) is 0 Å². The number of carbonyl (C=O) groups is 1. The molecule has 0 N–H and O–H groups in total. The first-order chi connectivity index (χ1) is 15.4. The van der Waals surface area contributed by atoms with Crippen LogP contribution in [0.15, 0.2) is 24.3 Å². The summed E-state index contributed by atoms with van der Waals surface area (Å²) in [5, 5.41) is 0. The second kappa shape index (κ2) is 18.1. The van der Waals surface area contributed by atoms with Gasteiger partial charge in [-0.25, -0.2) is 4.79 Å². The summed E-state index contributed by atoms with van der Waals surface area (Å²) in [5.41, 5.74) is 1.81. The van der Waals surface area contributed by atoms with Crippen molar-refractivity contribution in [1.29, 1.82) is 0 Å². The molecule has 0 aromatic heterocycles. The zero-order valence-electron chi connectivity index (χ0n) is 21.6. The van der Waals surface area contributed by atoms with Crippen molar-refractivity contribution in [2.45, 2.75) is 136 Å². The quantitative estimate of drug-likeness (QED) is 0.121. The molecule has 0 aliphatic rings. The van der Waals surface area contributed by atoms with E-state index in [4.69, 9.17) is 9.78 Å². The van der Waals surface area contributed by atoms with Crippen molar-refractivity contribution in [1.82, 2.24) is 0 Å². The third kappa shape index (κ3) is 14.7. The van der Waals surface area contributed by atoms with Gasteiger partial charge in [-0.3, -0.25) is 4.89 Å². The fraction of sp³-hybridized carbons (Fsp3) is 0.759. The summed E-state index contributed by atoms with van der Waals surface area (Å²) in [6, 6.07) is 7.57. The van der Waals surface area contributed by atoms with Crippen molar-refractivity contribution in [2.24, 2.45) is 0 Å². The fourth-order valence-electron chi connectivity index (χ4n) is 3.96. The van der Waals surface area contributed by atoms with Crippen LogP contribution in [0.2, 0.25) is 0 Å². The van der Waals surface area contributed by atoms with Crippen LogP contribution in [-0.4, -0.2) is 12.6 Å². The lowest BCUT2D eigenvalue weighted by molar-refractivity contribution is -0.241. The third-order valence-electron chi connectivity index (χ3n) is 6.20. The van der Waals surface area contributed by atoms with Crippen molar-refractivity contribution in [2.75, 3.05) is 6.61 Å². The van der Waals surface area contributed by atoms with Crippen LogP contribution in [-0.2, 0) is 15.2 Å². The zero-order valence-corrected chi connectivity index (χ0v) is 21.6. The molecule has 0 fully saturated rings. The molecule has 0 bridgehead atoms. The fourth-order valence-corrected chi connectivity index (χ4v) is 3.96. The van der Waals surface area contributed by atoms with Gasteiger partial charge < -0.3 is 0 Å². The normalized spacial score (nSPS) is 11.6. The van der Waals surface area contributed by atoms with Gasteiger partial charge in [-0.15, -0.1) is 0 Å². The van der Waals surface area contributed by atoms with E-state index in [0.29, 0.717) is 12.2 Å². The SMILES string of the molecule is CCCCCCCCCCCCCCCCCCOOC(=O)c1ccc(C(C)(C)C)cc1. The molecule has 0 radical (unpaired) electrons. The maximum atomic E-state index is 12.0. The van der Waals surface area contributed by atoms with Crippen LogP contribution in [0.25, 0.3) is 0 Å². The maximum absolute atomic E-state index is 12.0. The minimum Gasteiger partial charge on any atom is -0.293 e. The van der Waals surface area contributed by atoms with Gasteiger partial charge in [0.05, 0.1) is 12.2 Å². The molecule has 0 heterocycles. The van der Waals surface area contributed by atoms with E-state index >= 15 is 0 Å². The molecule has 0 amide bonds. The van der Waals surface area contributed by atoms with Crippen molar-refractivity contribution < 1.29 is 14.6 Å². The Morgan fingerprint density at radius 3 is 1.47 bits per heavy atom. The first-order valence-corrected chi connectivity index (χ1v) is 13.4. The molecule has 0 aliphatic heterocycles.